The van der Waals surface area contributed by atoms with Gasteiger partial charge in [0, 0.05) is 39.0 Å². The van der Waals surface area contributed by atoms with E-state index in [1.807, 2.05) is 42.8 Å². The zero-order valence-electron chi connectivity index (χ0n) is 22.6. The van der Waals surface area contributed by atoms with Crippen molar-refractivity contribution < 1.29 is 4.79 Å². The molecule has 5 heterocycles. The SMILES string of the molecule is Cc1ccc(C[C@H](C)C2c3nnc4cc(-c5ccnc(Nc6ccnn6C)n5)cc(n34)N(C)C(=O)N2C)cc1. The number of aryl methyl sites for hydroxylation is 2. The fourth-order valence-electron chi connectivity index (χ4n) is 5.27. The van der Waals surface area contributed by atoms with E-state index in [-0.39, 0.29) is 18.0 Å². The largest absolute Gasteiger partial charge is 0.325 e. The number of hydrogen-bond donors (Lipinski definition) is 1. The summed E-state index contributed by atoms with van der Waals surface area (Å²) in [4.78, 5) is 26.1. The first-order valence-electron chi connectivity index (χ1n) is 12.8. The van der Waals surface area contributed by atoms with Crippen LogP contribution in [0.25, 0.3) is 16.9 Å². The van der Waals surface area contributed by atoms with Gasteiger partial charge >= 0.3 is 6.03 Å². The molecule has 4 aromatic heterocycles. The third-order valence-electron chi connectivity index (χ3n) is 7.35. The molecule has 1 aromatic carbocycles. The Morgan fingerprint density at radius 2 is 1.79 bits per heavy atom. The van der Waals surface area contributed by atoms with Crippen molar-refractivity contribution in [3.63, 3.8) is 0 Å². The number of urea groups is 1. The summed E-state index contributed by atoms with van der Waals surface area (Å²) in [5.74, 6) is 2.75. The van der Waals surface area contributed by atoms with Gasteiger partial charge in [-0.05, 0) is 43.0 Å². The number of carbonyl (C=O) groups excluding carboxylic acids is 1. The number of anilines is 3. The van der Waals surface area contributed by atoms with E-state index in [2.05, 4.69) is 63.7 Å². The van der Waals surface area contributed by atoms with Crippen LogP contribution in [0.2, 0.25) is 0 Å². The van der Waals surface area contributed by atoms with Crippen LogP contribution < -0.4 is 10.2 Å². The Labute approximate surface area is 226 Å². The molecule has 1 aliphatic heterocycles. The smallest absolute Gasteiger partial charge is 0.317 e. The van der Waals surface area contributed by atoms with Crippen molar-refractivity contribution in [1.29, 1.82) is 0 Å². The van der Waals surface area contributed by atoms with Gasteiger partial charge in [0.15, 0.2) is 11.5 Å². The molecule has 1 N–H and O–H groups in total. The molecule has 0 spiro atoms. The average Bonchev–Trinajstić information content (AvgIpc) is 3.52. The summed E-state index contributed by atoms with van der Waals surface area (Å²) in [6, 6.07) is 15.8. The maximum atomic E-state index is 13.6. The second-order valence-corrected chi connectivity index (χ2v) is 10.1. The minimum Gasteiger partial charge on any atom is -0.317 e. The Bertz CT molecular complexity index is 1670. The number of amides is 2. The minimum atomic E-state index is -0.253. The molecule has 11 heteroatoms. The van der Waals surface area contributed by atoms with Crippen molar-refractivity contribution in [3.05, 3.63) is 77.9 Å². The zero-order chi connectivity index (χ0) is 27.3. The fraction of sp³-hybridized carbons (Fsp3) is 0.286. The molecule has 6 rings (SSSR count). The van der Waals surface area contributed by atoms with Crippen molar-refractivity contribution >= 4 is 29.3 Å². The first-order chi connectivity index (χ1) is 18.8. The van der Waals surface area contributed by atoms with Crippen molar-refractivity contribution in [1.82, 2.24) is 39.2 Å². The number of nitrogens with one attached hydrogen (secondary N) is 1. The zero-order valence-corrected chi connectivity index (χ0v) is 22.6. The van der Waals surface area contributed by atoms with Crippen LogP contribution in [0.15, 0.2) is 60.9 Å². The van der Waals surface area contributed by atoms with Gasteiger partial charge in [0.1, 0.15) is 11.6 Å². The Kier molecular flexibility index (Phi) is 5.97. The van der Waals surface area contributed by atoms with Crippen LogP contribution in [0.1, 0.15) is 29.9 Å². The van der Waals surface area contributed by atoms with Gasteiger partial charge in [-0.3, -0.25) is 14.0 Å². The topological polar surface area (TPSA) is 109 Å². The summed E-state index contributed by atoms with van der Waals surface area (Å²) in [6.07, 6.45) is 4.21. The summed E-state index contributed by atoms with van der Waals surface area (Å²) in [5.41, 5.74) is 4.60. The number of carbonyl (C=O) groups is 1. The van der Waals surface area contributed by atoms with Gasteiger partial charge in [-0.2, -0.15) is 5.10 Å². The Hall–Kier alpha value is -4.80. The molecule has 39 heavy (non-hydrogen) atoms. The lowest BCUT2D eigenvalue weighted by atomic mass is 9.92. The Morgan fingerprint density at radius 1 is 1.00 bits per heavy atom. The van der Waals surface area contributed by atoms with Gasteiger partial charge in [-0.1, -0.05) is 36.8 Å². The van der Waals surface area contributed by atoms with Crippen molar-refractivity contribution in [2.75, 3.05) is 24.3 Å². The number of hydrogen-bond acceptors (Lipinski definition) is 7. The van der Waals surface area contributed by atoms with Gasteiger partial charge in [0.05, 0.1) is 17.9 Å². The second-order valence-electron chi connectivity index (χ2n) is 10.1. The van der Waals surface area contributed by atoms with E-state index in [4.69, 9.17) is 4.98 Å². The molecule has 0 saturated heterocycles. The number of aromatic nitrogens is 7. The molecule has 0 aliphatic carbocycles. The van der Waals surface area contributed by atoms with Crippen LogP contribution in [0.3, 0.4) is 0 Å². The summed E-state index contributed by atoms with van der Waals surface area (Å²) >= 11 is 0. The predicted molar refractivity (Wildman–Crippen MR) is 149 cm³/mol. The highest BCUT2D eigenvalue weighted by molar-refractivity contribution is 5.93. The highest BCUT2D eigenvalue weighted by Gasteiger charge is 2.37. The Morgan fingerprint density at radius 3 is 2.54 bits per heavy atom. The number of nitrogens with zero attached hydrogens (tertiary/aromatic N) is 9. The molecule has 0 fully saturated rings. The van der Waals surface area contributed by atoms with E-state index in [1.54, 1.807) is 33.9 Å². The molecule has 1 unspecified atom stereocenters. The van der Waals surface area contributed by atoms with Gasteiger partial charge in [-0.25, -0.2) is 14.8 Å². The molecule has 0 bridgehead atoms. The van der Waals surface area contributed by atoms with E-state index < -0.39 is 0 Å². The number of rotatable bonds is 6. The molecule has 198 valence electrons. The van der Waals surface area contributed by atoms with Crippen molar-refractivity contribution in [2.24, 2.45) is 13.0 Å². The molecular formula is C28H30N10O. The summed E-state index contributed by atoms with van der Waals surface area (Å²) in [6.45, 7) is 4.24. The third kappa shape index (κ3) is 4.35. The maximum Gasteiger partial charge on any atom is 0.325 e. The molecule has 2 atom stereocenters. The normalized spacial score (nSPS) is 16.0. The molecule has 0 saturated carbocycles. The van der Waals surface area contributed by atoms with Crippen LogP contribution in [0, 0.1) is 12.8 Å². The van der Waals surface area contributed by atoms with Gasteiger partial charge in [-0.15, -0.1) is 10.2 Å². The van der Waals surface area contributed by atoms with E-state index >= 15 is 0 Å². The lowest BCUT2D eigenvalue weighted by molar-refractivity contribution is 0.175. The molecule has 0 radical (unpaired) electrons. The average molecular weight is 523 g/mol. The fourth-order valence-corrected chi connectivity index (χ4v) is 5.27. The minimum absolute atomic E-state index is 0.107. The molecule has 5 aromatic rings. The summed E-state index contributed by atoms with van der Waals surface area (Å²) < 4.78 is 3.69. The highest BCUT2D eigenvalue weighted by atomic mass is 16.2. The summed E-state index contributed by atoms with van der Waals surface area (Å²) in [5, 5.41) is 16.5. The monoisotopic (exact) mass is 522 g/mol. The first kappa shape index (κ1) is 24.5. The Balaban J connectivity index is 1.40. The van der Waals surface area contributed by atoms with Crippen LogP contribution in [-0.4, -0.2) is 59.4 Å². The van der Waals surface area contributed by atoms with Crippen molar-refractivity contribution in [2.45, 2.75) is 26.3 Å². The molecule has 1 aliphatic rings. The first-order valence-corrected chi connectivity index (χ1v) is 12.8. The van der Waals surface area contributed by atoms with E-state index in [1.165, 1.54) is 11.1 Å². The van der Waals surface area contributed by atoms with Crippen LogP contribution >= 0.6 is 0 Å². The van der Waals surface area contributed by atoms with E-state index in [0.29, 0.717) is 23.1 Å². The second kappa shape index (κ2) is 9.50. The van der Waals surface area contributed by atoms with Crippen LogP contribution in [-0.2, 0) is 13.5 Å². The quantitative estimate of drug-likeness (QED) is 0.352. The molecule has 11 nitrogen and oxygen atoms in total. The molecule has 2 amide bonds. The van der Waals surface area contributed by atoms with Gasteiger partial charge in [0.25, 0.3) is 0 Å². The van der Waals surface area contributed by atoms with Gasteiger partial charge < -0.3 is 10.2 Å². The predicted octanol–water partition coefficient (Wildman–Crippen LogP) is 4.39. The third-order valence-corrected chi connectivity index (χ3v) is 7.35. The summed E-state index contributed by atoms with van der Waals surface area (Å²) in [7, 11) is 5.46. The lowest BCUT2D eigenvalue weighted by Gasteiger charge is -2.31. The number of pyridine rings is 1. The van der Waals surface area contributed by atoms with E-state index in [0.717, 1.165) is 23.6 Å². The van der Waals surface area contributed by atoms with Gasteiger partial charge in [0.2, 0.25) is 5.95 Å². The van der Waals surface area contributed by atoms with Crippen molar-refractivity contribution in [3.8, 4) is 11.3 Å². The van der Waals surface area contributed by atoms with E-state index in [9.17, 15) is 4.79 Å². The maximum absolute atomic E-state index is 13.6. The highest BCUT2D eigenvalue weighted by Crippen LogP contribution is 2.37. The lowest BCUT2D eigenvalue weighted by Crippen LogP contribution is -2.41. The van der Waals surface area contributed by atoms with Crippen LogP contribution in [0.4, 0.5) is 22.4 Å². The standard InChI is InChI=1S/C28H30N10O/c1-17-6-8-19(9-7-17)14-18(2)25-26-34-33-23-15-20(16-24(38(23)26)35(3)28(39)36(25)4)21-10-12-29-27(31-21)32-22-11-13-30-37(22)5/h6-13,15-16,18,25H,14H2,1-5H3,(H,29,31,32)/t18-,25?/m0/s1. The van der Waals surface area contributed by atoms with Crippen LogP contribution in [0.5, 0.6) is 0 Å². The number of benzene rings is 1. The molecular weight excluding hydrogens is 492 g/mol.